The number of carbonyl (C=O) groups excluding carboxylic acids is 1. The molecule has 0 bridgehead atoms. The first-order valence-electron chi connectivity index (χ1n) is 7.24. The highest BCUT2D eigenvalue weighted by Crippen LogP contribution is 2.23. The summed E-state index contributed by atoms with van der Waals surface area (Å²) in [5.41, 5.74) is 1.99. The van der Waals surface area contributed by atoms with Gasteiger partial charge in [0.25, 0.3) is 5.91 Å². The first kappa shape index (κ1) is 14.1. The zero-order valence-electron chi connectivity index (χ0n) is 12.0. The van der Waals surface area contributed by atoms with Crippen LogP contribution in [0.2, 0.25) is 0 Å². The molecule has 19 heavy (non-hydrogen) atoms. The van der Waals surface area contributed by atoms with E-state index in [1.807, 2.05) is 43.1 Å². The molecular weight excluding hydrogens is 236 g/mol. The SMILES string of the molecule is CNCN(C(=O)c1ccc(C)cc1)C1CCCCC1. The lowest BCUT2D eigenvalue weighted by atomic mass is 9.94. The number of hydrogen-bond acceptors (Lipinski definition) is 2. The van der Waals surface area contributed by atoms with Gasteiger partial charge in [-0.1, -0.05) is 37.0 Å². The molecule has 0 unspecified atom stereocenters. The predicted molar refractivity (Wildman–Crippen MR) is 78.1 cm³/mol. The highest BCUT2D eigenvalue weighted by Gasteiger charge is 2.25. The van der Waals surface area contributed by atoms with Gasteiger partial charge in [-0.25, -0.2) is 0 Å². The fourth-order valence-electron chi connectivity index (χ4n) is 2.79. The van der Waals surface area contributed by atoms with E-state index in [4.69, 9.17) is 0 Å². The molecule has 1 amide bonds. The Hall–Kier alpha value is -1.35. The van der Waals surface area contributed by atoms with Gasteiger partial charge in [-0.05, 0) is 38.9 Å². The number of carbonyl (C=O) groups is 1. The van der Waals surface area contributed by atoms with E-state index in [1.54, 1.807) is 0 Å². The second-order valence-electron chi connectivity index (χ2n) is 5.44. The van der Waals surface area contributed by atoms with E-state index < -0.39 is 0 Å². The maximum atomic E-state index is 12.6. The monoisotopic (exact) mass is 260 g/mol. The second-order valence-corrected chi connectivity index (χ2v) is 5.44. The summed E-state index contributed by atoms with van der Waals surface area (Å²) in [6.07, 6.45) is 6.07. The molecule has 2 rings (SSSR count). The van der Waals surface area contributed by atoms with Gasteiger partial charge in [0, 0.05) is 11.6 Å². The van der Waals surface area contributed by atoms with Crippen LogP contribution in [0.5, 0.6) is 0 Å². The van der Waals surface area contributed by atoms with Gasteiger partial charge in [0.1, 0.15) is 0 Å². The molecule has 1 aromatic rings. The average Bonchev–Trinajstić information content (AvgIpc) is 2.46. The number of nitrogens with one attached hydrogen (secondary N) is 1. The molecule has 1 saturated carbocycles. The number of amides is 1. The van der Waals surface area contributed by atoms with E-state index in [2.05, 4.69) is 5.32 Å². The van der Waals surface area contributed by atoms with Crippen LogP contribution < -0.4 is 5.32 Å². The highest BCUT2D eigenvalue weighted by atomic mass is 16.2. The van der Waals surface area contributed by atoms with Crippen molar-refractivity contribution in [3.05, 3.63) is 35.4 Å². The number of nitrogens with zero attached hydrogens (tertiary/aromatic N) is 1. The largest absolute Gasteiger partial charge is 0.323 e. The molecule has 1 aliphatic carbocycles. The summed E-state index contributed by atoms with van der Waals surface area (Å²) in [6.45, 7) is 2.68. The summed E-state index contributed by atoms with van der Waals surface area (Å²) in [4.78, 5) is 14.6. The summed E-state index contributed by atoms with van der Waals surface area (Å²) in [6, 6.07) is 8.28. The Bertz CT molecular complexity index is 407. The molecule has 1 aliphatic rings. The van der Waals surface area contributed by atoms with E-state index in [-0.39, 0.29) is 5.91 Å². The lowest BCUT2D eigenvalue weighted by molar-refractivity contribution is 0.0619. The van der Waals surface area contributed by atoms with Gasteiger partial charge in [-0.3, -0.25) is 4.79 Å². The van der Waals surface area contributed by atoms with E-state index in [9.17, 15) is 4.79 Å². The van der Waals surface area contributed by atoms with E-state index in [0.717, 1.165) is 18.4 Å². The van der Waals surface area contributed by atoms with Crippen LogP contribution in [0, 0.1) is 6.92 Å². The maximum Gasteiger partial charge on any atom is 0.255 e. The van der Waals surface area contributed by atoms with Crippen molar-refractivity contribution in [3.8, 4) is 0 Å². The zero-order valence-corrected chi connectivity index (χ0v) is 12.0. The van der Waals surface area contributed by atoms with Gasteiger partial charge < -0.3 is 10.2 Å². The zero-order chi connectivity index (χ0) is 13.7. The van der Waals surface area contributed by atoms with Crippen molar-refractivity contribution < 1.29 is 4.79 Å². The molecule has 104 valence electrons. The third kappa shape index (κ3) is 3.57. The van der Waals surface area contributed by atoms with Crippen molar-refractivity contribution in [2.75, 3.05) is 13.7 Å². The first-order valence-corrected chi connectivity index (χ1v) is 7.24. The molecule has 0 aliphatic heterocycles. The molecule has 0 heterocycles. The Morgan fingerprint density at radius 3 is 2.42 bits per heavy atom. The molecule has 0 spiro atoms. The molecule has 0 aromatic heterocycles. The quantitative estimate of drug-likeness (QED) is 0.844. The number of aryl methyl sites for hydroxylation is 1. The third-order valence-corrected chi connectivity index (χ3v) is 3.90. The van der Waals surface area contributed by atoms with Gasteiger partial charge in [-0.15, -0.1) is 0 Å². The van der Waals surface area contributed by atoms with Crippen molar-refractivity contribution in [2.24, 2.45) is 0 Å². The predicted octanol–water partition coefficient (Wildman–Crippen LogP) is 2.95. The highest BCUT2D eigenvalue weighted by molar-refractivity contribution is 5.94. The molecule has 1 aromatic carbocycles. The Labute approximate surface area is 116 Å². The smallest absolute Gasteiger partial charge is 0.255 e. The van der Waals surface area contributed by atoms with E-state index in [0.29, 0.717) is 12.7 Å². The summed E-state index contributed by atoms with van der Waals surface area (Å²) < 4.78 is 0. The van der Waals surface area contributed by atoms with Crippen LogP contribution in [-0.4, -0.2) is 30.6 Å². The summed E-state index contributed by atoms with van der Waals surface area (Å²) in [5.74, 6) is 0.154. The lowest BCUT2D eigenvalue weighted by Gasteiger charge is -2.34. The Kier molecular flexibility index (Phi) is 4.97. The lowest BCUT2D eigenvalue weighted by Crippen LogP contribution is -2.45. The minimum absolute atomic E-state index is 0.154. The van der Waals surface area contributed by atoms with Crippen molar-refractivity contribution in [2.45, 2.75) is 45.1 Å². The molecule has 0 atom stereocenters. The number of rotatable bonds is 4. The van der Waals surface area contributed by atoms with Gasteiger partial charge in [0.15, 0.2) is 0 Å². The molecule has 1 N–H and O–H groups in total. The second kappa shape index (κ2) is 6.71. The summed E-state index contributed by atoms with van der Waals surface area (Å²) in [5, 5.41) is 3.13. The third-order valence-electron chi connectivity index (χ3n) is 3.90. The molecule has 0 radical (unpaired) electrons. The van der Waals surface area contributed by atoms with Gasteiger partial charge >= 0.3 is 0 Å². The van der Waals surface area contributed by atoms with Crippen molar-refractivity contribution in [3.63, 3.8) is 0 Å². The number of benzene rings is 1. The van der Waals surface area contributed by atoms with Crippen LogP contribution >= 0.6 is 0 Å². The molecular formula is C16H24N2O. The summed E-state index contributed by atoms with van der Waals surface area (Å²) in [7, 11) is 1.90. The van der Waals surface area contributed by atoms with Gasteiger partial charge in [-0.2, -0.15) is 0 Å². The van der Waals surface area contributed by atoms with Crippen LogP contribution in [0.3, 0.4) is 0 Å². The maximum absolute atomic E-state index is 12.6. The van der Waals surface area contributed by atoms with E-state index >= 15 is 0 Å². The van der Waals surface area contributed by atoms with Crippen LogP contribution in [-0.2, 0) is 0 Å². The van der Waals surface area contributed by atoms with Crippen molar-refractivity contribution in [1.82, 2.24) is 10.2 Å². The Morgan fingerprint density at radius 2 is 1.84 bits per heavy atom. The number of hydrogen-bond donors (Lipinski definition) is 1. The molecule has 1 fully saturated rings. The molecule has 3 nitrogen and oxygen atoms in total. The minimum Gasteiger partial charge on any atom is -0.323 e. The minimum atomic E-state index is 0.154. The molecule has 0 saturated heterocycles. The topological polar surface area (TPSA) is 32.3 Å². The standard InChI is InChI=1S/C16H24N2O/c1-13-8-10-14(11-9-13)16(19)18(12-17-2)15-6-4-3-5-7-15/h8-11,15,17H,3-7,12H2,1-2H3. The fraction of sp³-hybridized carbons (Fsp3) is 0.562. The summed E-state index contributed by atoms with van der Waals surface area (Å²) >= 11 is 0. The fourth-order valence-corrected chi connectivity index (χ4v) is 2.79. The normalized spacial score (nSPS) is 16.3. The Balaban J connectivity index is 2.13. The first-order chi connectivity index (χ1) is 9.22. The van der Waals surface area contributed by atoms with Gasteiger partial charge in [0.2, 0.25) is 0 Å². The van der Waals surface area contributed by atoms with Gasteiger partial charge in [0.05, 0.1) is 6.67 Å². The molecule has 3 heteroatoms. The van der Waals surface area contributed by atoms with Crippen LogP contribution in [0.25, 0.3) is 0 Å². The van der Waals surface area contributed by atoms with Crippen molar-refractivity contribution in [1.29, 1.82) is 0 Å². The van der Waals surface area contributed by atoms with Crippen LogP contribution in [0.1, 0.15) is 48.0 Å². The average molecular weight is 260 g/mol. The van der Waals surface area contributed by atoms with Crippen LogP contribution in [0.15, 0.2) is 24.3 Å². The van der Waals surface area contributed by atoms with Crippen LogP contribution in [0.4, 0.5) is 0 Å². The van der Waals surface area contributed by atoms with E-state index in [1.165, 1.54) is 24.8 Å². The Morgan fingerprint density at radius 1 is 1.21 bits per heavy atom. The van der Waals surface area contributed by atoms with Crippen molar-refractivity contribution >= 4 is 5.91 Å².